The van der Waals surface area contributed by atoms with Gasteiger partial charge < -0.3 is 9.88 Å². The maximum Gasteiger partial charge on any atom is 0.0948 e. The minimum atomic E-state index is 0.688. The smallest absolute Gasteiger partial charge is 0.0948 e. The molecule has 0 radical (unpaired) electrons. The molecule has 1 saturated heterocycles. The third-order valence-electron chi connectivity index (χ3n) is 4.46. The van der Waals surface area contributed by atoms with Crippen molar-refractivity contribution in [2.45, 2.75) is 51.0 Å². The standard InChI is InChI=1S/C14H23N3/c1-3-12(4-1)6-8-17-11-16-10-14(17)13-5-2-7-15-9-13/h10-13,15H,1-9H2. The number of piperidine rings is 1. The lowest BCUT2D eigenvalue weighted by Crippen LogP contribution is -2.29. The van der Waals surface area contributed by atoms with Gasteiger partial charge in [0.15, 0.2) is 0 Å². The Morgan fingerprint density at radius 1 is 1.29 bits per heavy atom. The van der Waals surface area contributed by atoms with Crippen LogP contribution in [0.4, 0.5) is 0 Å². The number of imidazole rings is 1. The summed E-state index contributed by atoms with van der Waals surface area (Å²) in [6.07, 6.45) is 12.4. The number of hydrogen-bond donors (Lipinski definition) is 1. The molecule has 3 rings (SSSR count). The highest BCUT2D eigenvalue weighted by molar-refractivity contribution is 5.08. The number of nitrogens with zero attached hydrogens (tertiary/aromatic N) is 2. The largest absolute Gasteiger partial charge is 0.334 e. The summed E-state index contributed by atoms with van der Waals surface area (Å²) in [5, 5.41) is 3.50. The summed E-state index contributed by atoms with van der Waals surface area (Å²) in [7, 11) is 0. The molecule has 0 bridgehead atoms. The van der Waals surface area contributed by atoms with Crippen LogP contribution in [0.2, 0.25) is 0 Å². The van der Waals surface area contributed by atoms with E-state index in [2.05, 4.69) is 21.1 Å². The number of aromatic nitrogens is 2. The van der Waals surface area contributed by atoms with Crippen molar-refractivity contribution in [3.8, 4) is 0 Å². The molecule has 3 nitrogen and oxygen atoms in total. The molecule has 94 valence electrons. The van der Waals surface area contributed by atoms with Gasteiger partial charge in [-0.15, -0.1) is 0 Å². The Balaban J connectivity index is 1.61. The van der Waals surface area contributed by atoms with Crippen LogP contribution >= 0.6 is 0 Å². The van der Waals surface area contributed by atoms with Crippen molar-refractivity contribution in [1.82, 2.24) is 14.9 Å². The van der Waals surface area contributed by atoms with Gasteiger partial charge in [0.1, 0.15) is 0 Å². The Hall–Kier alpha value is -0.830. The summed E-state index contributed by atoms with van der Waals surface area (Å²) in [6, 6.07) is 0. The van der Waals surface area contributed by atoms with Gasteiger partial charge >= 0.3 is 0 Å². The van der Waals surface area contributed by atoms with Crippen LogP contribution in [0.15, 0.2) is 12.5 Å². The molecule has 0 amide bonds. The zero-order chi connectivity index (χ0) is 11.5. The first-order valence-corrected chi connectivity index (χ1v) is 7.14. The minimum absolute atomic E-state index is 0.688. The lowest BCUT2D eigenvalue weighted by molar-refractivity contribution is 0.280. The Morgan fingerprint density at radius 3 is 2.94 bits per heavy atom. The molecule has 1 aromatic rings. The van der Waals surface area contributed by atoms with Crippen molar-refractivity contribution in [3.05, 3.63) is 18.2 Å². The van der Waals surface area contributed by atoms with E-state index in [4.69, 9.17) is 0 Å². The summed E-state index contributed by atoms with van der Waals surface area (Å²) in [5.41, 5.74) is 1.46. The van der Waals surface area contributed by atoms with Crippen molar-refractivity contribution >= 4 is 0 Å². The van der Waals surface area contributed by atoms with E-state index in [0.29, 0.717) is 5.92 Å². The second kappa shape index (κ2) is 5.21. The number of hydrogen-bond acceptors (Lipinski definition) is 2. The predicted octanol–water partition coefficient (Wildman–Crippen LogP) is 2.54. The van der Waals surface area contributed by atoms with Gasteiger partial charge in [0.2, 0.25) is 0 Å². The summed E-state index contributed by atoms with van der Waals surface area (Å²) in [4.78, 5) is 4.35. The van der Waals surface area contributed by atoms with Crippen molar-refractivity contribution in [3.63, 3.8) is 0 Å². The molecule has 17 heavy (non-hydrogen) atoms. The van der Waals surface area contributed by atoms with Gasteiger partial charge in [0, 0.05) is 30.9 Å². The van der Waals surface area contributed by atoms with Crippen LogP contribution in [0.1, 0.15) is 50.1 Å². The van der Waals surface area contributed by atoms with Crippen LogP contribution in [0.5, 0.6) is 0 Å². The highest BCUT2D eigenvalue weighted by Crippen LogP contribution is 2.30. The maximum absolute atomic E-state index is 4.35. The molecule has 2 aliphatic rings. The van der Waals surface area contributed by atoms with E-state index in [1.807, 2.05) is 6.33 Å². The Labute approximate surface area is 104 Å². The SMILES string of the molecule is c1ncn(CCC2CCC2)c1C1CCCNC1. The van der Waals surface area contributed by atoms with Crippen LogP contribution in [-0.4, -0.2) is 22.6 Å². The average molecular weight is 233 g/mol. The quantitative estimate of drug-likeness (QED) is 0.866. The van der Waals surface area contributed by atoms with Crippen molar-refractivity contribution in [2.24, 2.45) is 5.92 Å². The highest BCUT2D eigenvalue weighted by Gasteiger charge is 2.20. The van der Waals surface area contributed by atoms with Crippen LogP contribution in [0, 0.1) is 5.92 Å². The molecule has 3 heteroatoms. The fourth-order valence-corrected chi connectivity index (χ4v) is 3.07. The van der Waals surface area contributed by atoms with Gasteiger partial charge in [0.05, 0.1) is 6.33 Å². The van der Waals surface area contributed by atoms with Crippen LogP contribution in [0.3, 0.4) is 0 Å². The van der Waals surface area contributed by atoms with E-state index in [1.165, 1.54) is 57.3 Å². The molecule has 1 aliphatic carbocycles. The minimum Gasteiger partial charge on any atom is -0.334 e. The maximum atomic E-state index is 4.35. The van der Waals surface area contributed by atoms with Crippen LogP contribution in [-0.2, 0) is 6.54 Å². The first-order chi connectivity index (χ1) is 8.43. The first kappa shape index (κ1) is 11.3. The third kappa shape index (κ3) is 2.54. The molecule has 1 aromatic heterocycles. The molecule has 1 saturated carbocycles. The lowest BCUT2D eigenvalue weighted by atomic mass is 9.83. The van der Waals surface area contributed by atoms with Gasteiger partial charge in [-0.25, -0.2) is 4.98 Å². The monoisotopic (exact) mass is 233 g/mol. The zero-order valence-corrected chi connectivity index (χ0v) is 10.6. The summed E-state index contributed by atoms with van der Waals surface area (Å²) in [6.45, 7) is 3.50. The van der Waals surface area contributed by atoms with Crippen LogP contribution in [0.25, 0.3) is 0 Å². The van der Waals surface area contributed by atoms with E-state index in [1.54, 1.807) is 0 Å². The molecule has 1 atom stereocenters. The van der Waals surface area contributed by atoms with Crippen molar-refractivity contribution < 1.29 is 0 Å². The number of rotatable bonds is 4. The molecule has 0 aromatic carbocycles. The van der Waals surface area contributed by atoms with E-state index in [9.17, 15) is 0 Å². The van der Waals surface area contributed by atoms with Crippen LogP contribution < -0.4 is 5.32 Å². The number of nitrogens with one attached hydrogen (secondary N) is 1. The average Bonchev–Trinajstić information content (AvgIpc) is 2.76. The van der Waals surface area contributed by atoms with E-state index >= 15 is 0 Å². The van der Waals surface area contributed by atoms with Crippen molar-refractivity contribution in [1.29, 1.82) is 0 Å². The fourth-order valence-electron chi connectivity index (χ4n) is 3.07. The lowest BCUT2D eigenvalue weighted by Gasteiger charge is -2.27. The number of aryl methyl sites for hydroxylation is 1. The molecular formula is C14H23N3. The molecular weight excluding hydrogens is 210 g/mol. The van der Waals surface area contributed by atoms with Gasteiger partial charge in [-0.1, -0.05) is 19.3 Å². The van der Waals surface area contributed by atoms with E-state index < -0.39 is 0 Å². The Kier molecular flexibility index (Phi) is 3.46. The molecule has 1 N–H and O–H groups in total. The molecule has 2 heterocycles. The molecule has 0 spiro atoms. The molecule has 1 aliphatic heterocycles. The van der Waals surface area contributed by atoms with Gasteiger partial charge in [0.25, 0.3) is 0 Å². The van der Waals surface area contributed by atoms with Gasteiger partial charge in [-0.2, -0.15) is 0 Å². The Bertz CT molecular complexity index is 348. The second-order valence-corrected chi connectivity index (χ2v) is 5.64. The highest BCUT2D eigenvalue weighted by atomic mass is 15.1. The molecule has 2 fully saturated rings. The fraction of sp³-hybridized carbons (Fsp3) is 0.786. The molecule has 1 unspecified atom stereocenters. The zero-order valence-electron chi connectivity index (χ0n) is 10.6. The van der Waals surface area contributed by atoms with Gasteiger partial charge in [-0.3, -0.25) is 0 Å². The second-order valence-electron chi connectivity index (χ2n) is 5.64. The van der Waals surface area contributed by atoms with E-state index in [0.717, 1.165) is 12.5 Å². The Morgan fingerprint density at radius 2 is 2.24 bits per heavy atom. The first-order valence-electron chi connectivity index (χ1n) is 7.14. The van der Waals surface area contributed by atoms with E-state index in [-0.39, 0.29) is 0 Å². The predicted molar refractivity (Wildman–Crippen MR) is 69.0 cm³/mol. The normalized spacial score (nSPS) is 25.8. The topological polar surface area (TPSA) is 29.9 Å². The third-order valence-corrected chi connectivity index (χ3v) is 4.46. The van der Waals surface area contributed by atoms with Gasteiger partial charge in [-0.05, 0) is 31.7 Å². The summed E-state index contributed by atoms with van der Waals surface area (Å²) in [5.74, 6) is 1.68. The summed E-state index contributed by atoms with van der Waals surface area (Å²) < 4.78 is 2.40. The summed E-state index contributed by atoms with van der Waals surface area (Å²) >= 11 is 0. The van der Waals surface area contributed by atoms with Crippen molar-refractivity contribution in [2.75, 3.05) is 13.1 Å².